The van der Waals surface area contributed by atoms with Gasteiger partial charge in [0.15, 0.2) is 0 Å². The minimum absolute atomic E-state index is 0.00165. The van der Waals surface area contributed by atoms with E-state index < -0.39 is 20.0 Å². The van der Waals surface area contributed by atoms with Crippen molar-refractivity contribution in [2.24, 2.45) is 5.92 Å². The van der Waals surface area contributed by atoms with Crippen molar-refractivity contribution in [2.75, 3.05) is 31.5 Å². The Labute approximate surface area is 173 Å². The fourth-order valence-corrected chi connectivity index (χ4v) is 6.52. The van der Waals surface area contributed by atoms with Crippen LogP contribution in [0.3, 0.4) is 0 Å². The first-order valence-electron chi connectivity index (χ1n) is 8.82. The zero-order valence-corrected chi connectivity index (χ0v) is 18.3. The van der Waals surface area contributed by atoms with Gasteiger partial charge in [-0.3, -0.25) is 4.79 Å². The van der Waals surface area contributed by atoms with Crippen LogP contribution in [0, 0.1) is 5.92 Å². The van der Waals surface area contributed by atoms with Crippen molar-refractivity contribution in [3.05, 3.63) is 30.3 Å². The van der Waals surface area contributed by atoms with Gasteiger partial charge in [-0.15, -0.1) is 10.2 Å². The summed E-state index contributed by atoms with van der Waals surface area (Å²) in [6.07, 6.45) is 0. The Hall–Kier alpha value is -1.93. The molecule has 1 amide bonds. The molecule has 2 heterocycles. The van der Waals surface area contributed by atoms with Crippen LogP contribution in [0.1, 0.15) is 13.8 Å². The monoisotopic (exact) mass is 459 g/mol. The van der Waals surface area contributed by atoms with Crippen LogP contribution in [0.5, 0.6) is 0 Å². The van der Waals surface area contributed by atoms with E-state index in [9.17, 15) is 21.6 Å². The minimum Gasteiger partial charge on any atom is -0.300 e. The number of rotatable bonds is 6. The predicted molar refractivity (Wildman–Crippen MR) is 107 cm³/mol. The smallest absolute Gasteiger partial charge is 0.272 e. The Morgan fingerprint density at radius 3 is 2.07 bits per heavy atom. The molecule has 10 nitrogen and oxygen atoms in total. The molecule has 1 N–H and O–H groups in total. The van der Waals surface area contributed by atoms with Crippen LogP contribution in [0.15, 0.2) is 39.6 Å². The number of anilines is 1. The van der Waals surface area contributed by atoms with Gasteiger partial charge in [0.05, 0.1) is 4.90 Å². The summed E-state index contributed by atoms with van der Waals surface area (Å²) in [5, 5.41) is 10.0. The lowest BCUT2D eigenvalue weighted by molar-refractivity contribution is -0.118. The van der Waals surface area contributed by atoms with Crippen molar-refractivity contribution >= 4 is 42.4 Å². The number of carbonyl (C=O) groups excluding carboxylic acids is 1. The summed E-state index contributed by atoms with van der Waals surface area (Å²) in [5.74, 6) is -0.566. The maximum absolute atomic E-state index is 12.8. The maximum Gasteiger partial charge on any atom is 0.272 e. The van der Waals surface area contributed by atoms with Gasteiger partial charge in [0.1, 0.15) is 0 Å². The number of hydrogen-bond donors (Lipinski definition) is 1. The van der Waals surface area contributed by atoms with Crippen molar-refractivity contribution in [2.45, 2.75) is 23.1 Å². The molecule has 1 saturated heterocycles. The first kappa shape index (κ1) is 21.8. The highest BCUT2D eigenvalue weighted by molar-refractivity contribution is 7.91. The predicted octanol–water partition coefficient (Wildman–Crippen LogP) is 0.828. The average Bonchev–Trinajstić information content (AvgIpc) is 3.18. The molecule has 158 valence electrons. The number of benzene rings is 1. The summed E-state index contributed by atoms with van der Waals surface area (Å²) in [5.41, 5.74) is 0. The molecule has 2 aromatic rings. The van der Waals surface area contributed by atoms with Gasteiger partial charge in [-0.2, -0.15) is 8.61 Å². The summed E-state index contributed by atoms with van der Waals surface area (Å²) in [4.78, 5) is 11.9. The fourth-order valence-electron chi connectivity index (χ4n) is 2.62. The summed E-state index contributed by atoms with van der Waals surface area (Å²) in [6.45, 7) is 3.48. The molecular formula is C16H21N5O5S3. The standard InChI is InChI=1S/C16H21N5O5S3/c1-12(2)14(22)17-15-18-19-16(27-15)29(25,26)21-10-8-20(9-11-21)28(23,24)13-6-4-3-5-7-13/h3-7,12H,8-11H2,1-2H3,(H,17,18,22). The van der Waals surface area contributed by atoms with Crippen molar-refractivity contribution in [3.8, 4) is 0 Å². The number of nitrogens with zero attached hydrogens (tertiary/aromatic N) is 4. The highest BCUT2D eigenvalue weighted by Gasteiger charge is 2.35. The third-order valence-corrected chi connectivity index (χ3v) is 9.30. The number of sulfonamides is 2. The third-order valence-electron chi connectivity index (χ3n) is 4.30. The number of aromatic nitrogens is 2. The molecule has 0 radical (unpaired) electrons. The summed E-state index contributed by atoms with van der Waals surface area (Å²) < 4.78 is 53.1. The molecule has 3 rings (SSSR count). The molecule has 1 aromatic heterocycles. The second-order valence-corrected chi connectivity index (χ2v) is 11.7. The number of nitrogens with one attached hydrogen (secondary N) is 1. The van der Waals surface area contributed by atoms with E-state index in [1.165, 1.54) is 20.7 Å². The van der Waals surface area contributed by atoms with E-state index in [1.54, 1.807) is 32.0 Å². The molecule has 13 heteroatoms. The molecule has 1 aliphatic rings. The molecule has 0 bridgehead atoms. The lowest BCUT2D eigenvalue weighted by atomic mass is 10.2. The average molecular weight is 460 g/mol. The molecular weight excluding hydrogens is 438 g/mol. The Morgan fingerprint density at radius 1 is 0.966 bits per heavy atom. The van der Waals surface area contributed by atoms with Gasteiger partial charge in [0.2, 0.25) is 25.4 Å². The number of hydrogen-bond acceptors (Lipinski definition) is 8. The summed E-state index contributed by atoms with van der Waals surface area (Å²) in [6, 6.07) is 8.01. The minimum atomic E-state index is -3.93. The van der Waals surface area contributed by atoms with Gasteiger partial charge >= 0.3 is 0 Å². The molecule has 0 atom stereocenters. The van der Waals surface area contributed by atoms with Crippen molar-refractivity contribution in [1.29, 1.82) is 0 Å². The molecule has 1 aliphatic heterocycles. The Kier molecular flexibility index (Phi) is 6.33. The summed E-state index contributed by atoms with van der Waals surface area (Å²) >= 11 is 0.767. The summed E-state index contributed by atoms with van der Waals surface area (Å²) in [7, 11) is -7.60. The van der Waals surface area contributed by atoms with E-state index in [1.807, 2.05) is 0 Å². The van der Waals surface area contributed by atoms with Crippen LogP contribution >= 0.6 is 11.3 Å². The SMILES string of the molecule is CC(C)C(=O)Nc1nnc(S(=O)(=O)N2CCN(S(=O)(=O)c3ccccc3)CC2)s1. The highest BCUT2D eigenvalue weighted by atomic mass is 32.2. The molecule has 0 saturated carbocycles. The lowest BCUT2D eigenvalue weighted by Gasteiger charge is -2.32. The second kappa shape index (κ2) is 8.44. The van der Waals surface area contributed by atoms with Crippen molar-refractivity contribution in [3.63, 3.8) is 0 Å². The Bertz CT molecular complexity index is 1080. The second-order valence-electron chi connectivity index (χ2n) is 6.64. The first-order valence-corrected chi connectivity index (χ1v) is 12.5. The van der Waals surface area contributed by atoms with E-state index in [4.69, 9.17) is 0 Å². The Morgan fingerprint density at radius 2 is 1.52 bits per heavy atom. The van der Waals surface area contributed by atoms with E-state index in [0.717, 1.165) is 11.3 Å². The van der Waals surface area contributed by atoms with Crippen LogP contribution in [-0.2, 0) is 24.8 Å². The van der Waals surface area contributed by atoms with Gasteiger partial charge in [-0.25, -0.2) is 16.8 Å². The molecule has 0 spiro atoms. The van der Waals surface area contributed by atoms with Gasteiger partial charge in [-0.05, 0) is 12.1 Å². The first-order chi connectivity index (χ1) is 13.6. The van der Waals surface area contributed by atoms with Crippen LogP contribution in [-0.4, -0.2) is 67.7 Å². The lowest BCUT2D eigenvalue weighted by Crippen LogP contribution is -2.50. The fraction of sp³-hybridized carbons (Fsp3) is 0.438. The van der Waals surface area contributed by atoms with E-state index in [-0.39, 0.29) is 52.4 Å². The van der Waals surface area contributed by atoms with Gasteiger partial charge in [0.25, 0.3) is 10.0 Å². The number of piperazine rings is 1. The van der Waals surface area contributed by atoms with Gasteiger partial charge < -0.3 is 5.32 Å². The number of carbonyl (C=O) groups is 1. The third kappa shape index (κ3) is 4.64. The van der Waals surface area contributed by atoms with Crippen LogP contribution in [0.2, 0.25) is 0 Å². The normalized spacial score (nSPS) is 16.8. The molecule has 0 unspecified atom stereocenters. The largest absolute Gasteiger partial charge is 0.300 e. The maximum atomic E-state index is 12.8. The van der Waals surface area contributed by atoms with Crippen LogP contribution < -0.4 is 5.32 Å². The zero-order valence-electron chi connectivity index (χ0n) is 15.8. The quantitative estimate of drug-likeness (QED) is 0.633. The Balaban J connectivity index is 1.69. The molecule has 0 aliphatic carbocycles. The van der Waals surface area contributed by atoms with Crippen molar-refractivity contribution < 1.29 is 21.6 Å². The molecule has 1 fully saturated rings. The molecule has 29 heavy (non-hydrogen) atoms. The zero-order chi connectivity index (χ0) is 21.2. The van der Waals surface area contributed by atoms with Gasteiger partial charge in [-0.1, -0.05) is 43.4 Å². The van der Waals surface area contributed by atoms with Crippen LogP contribution in [0.4, 0.5) is 5.13 Å². The van der Waals surface area contributed by atoms with E-state index in [2.05, 4.69) is 15.5 Å². The van der Waals surface area contributed by atoms with Gasteiger partial charge in [0, 0.05) is 32.1 Å². The van der Waals surface area contributed by atoms with E-state index in [0.29, 0.717) is 0 Å². The van der Waals surface area contributed by atoms with Crippen molar-refractivity contribution in [1.82, 2.24) is 18.8 Å². The topological polar surface area (TPSA) is 130 Å². The number of amides is 1. The highest BCUT2D eigenvalue weighted by Crippen LogP contribution is 2.25. The van der Waals surface area contributed by atoms with Crippen LogP contribution in [0.25, 0.3) is 0 Å². The molecule has 1 aromatic carbocycles. The van der Waals surface area contributed by atoms with E-state index >= 15 is 0 Å².